The maximum atomic E-state index is 12.4. The van der Waals surface area contributed by atoms with E-state index >= 15 is 0 Å². The summed E-state index contributed by atoms with van der Waals surface area (Å²) in [5.41, 5.74) is 0.499. The number of hydrogen-bond acceptors (Lipinski definition) is 1. The summed E-state index contributed by atoms with van der Waals surface area (Å²) in [7, 11) is 0. The van der Waals surface area contributed by atoms with Crippen molar-refractivity contribution in [3.63, 3.8) is 0 Å². The van der Waals surface area contributed by atoms with Gasteiger partial charge in [0.05, 0.1) is 10.6 Å². The molecule has 0 radical (unpaired) electrons. The molecule has 1 heterocycles. The summed E-state index contributed by atoms with van der Waals surface area (Å²) in [4.78, 5) is 14.3. The number of nitrogens with zero attached hydrogens (tertiary/aromatic N) is 1. The number of carbonyl (C=O) groups is 1. The number of rotatable bonds is 2. The fourth-order valence-electron chi connectivity index (χ4n) is 2.21. The molecule has 0 aromatic heterocycles. The number of carbonyl (C=O) groups excluding carboxylic acids is 1. The van der Waals surface area contributed by atoms with E-state index in [4.69, 9.17) is 23.2 Å². The highest BCUT2D eigenvalue weighted by Gasteiger charge is 2.25. The third-order valence-corrected chi connectivity index (χ3v) is 4.66. The van der Waals surface area contributed by atoms with Crippen LogP contribution in [0.15, 0.2) is 18.2 Å². The number of likely N-dealkylation sites (tertiary alicyclic amines) is 1. The van der Waals surface area contributed by atoms with Crippen LogP contribution in [0.2, 0.25) is 10.0 Å². The highest BCUT2D eigenvalue weighted by molar-refractivity contribution is 9.09. The van der Waals surface area contributed by atoms with Crippen LogP contribution in [-0.4, -0.2) is 29.2 Å². The molecule has 0 N–H and O–H groups in total. The number of alkyl halides is 1. The maximum absolute atomic E-state index is 12.4. The van der Waals surface area contributed by atoms with Crippen molar-refractivity contribution in [2.75, 3.05) is 18.4 Å². The Hall–Kier alpha value is -0.250. The fourth-order valence-corrected chi connectivity index (χ4v) is 3.11. The Morgan fingerprint density at radius 2 is 2.22 bits per heavy atom. The SMILES string of the molecule is O=C(c1cc(Cl)ccc1Cl)N1CCCC(CBr)C1. The van der Waals surface area contributed by atoms with Crippen molar-refractivity contribution >= 4 is 45.0 Å². The van der Waals surface area contributed by atoms with E-state index in [0.717, 1.165) is 31.3 Å². The van der Waals surface area contributed by atoms with E-state index in [1.54, 1.807) is 18.2 Å². The van der Waals surface area contributed by atoms with Gasteiger partial charge in [0.15, 0.2) is 0 Å². The maximum Gasteiger partial charge on any atom is 0.255 e. The number of halogens is 3. The van der Waals surface area contributed by atoms with E-state index in [-0.39, 0.29) is 5.91 Å². The van der Waals surface area contributed by atoms with Gasteiger partial charge in [-0.25, -0.2) is 0 Å². The molecule has 98 valence electrons. The van der Waals surface area contributed by atoms with E-state index < -0.39 is 0 Å². The number of piperidine rings is 1. The minimum atomic E-state index is -0.0202. The van der Waals surface area contributed by atoms with Crippen LogP contribution in [-0.2, 0) is 0 Å². The van der Waals surface area contributed by atoms with Crippen LogP contribution in [0.4, 0.5) is 0 Å². The molecular formula is C13H14BrCl2NO. The summed E-state index contributed by atoms with van der Waals surface area (Å²) in [5.74, 6) is 0.508. The van der Waals surface area contributed by atoms with Gasteiger partial charge in [-0.2, -0.15) is 0 Å². The first kappa shape index (κ1) is 14.2. The lowest BCUT2D eigenvalue weighted by molar-refractivity contribution is 0.0686. The molecule has 2 nitrogen and oxygen atoms in total. The molecule has 5 heteroatoms. The molecule has 1 aromatic carbocycles. The summed E-state index contributed by atoms with van der Waals surface area (Å²) in [6, 6.07) is 5.01. The molecule has 1 atom stereocenters. The molecule has 0 spiro atoms. The number of benzene rings is 1. The van der Waals surface area contributed by atoms with Crippen LogP contribution in [0.5, 0.6) is 0 Å². The largest absolute Gasteiger partial charge is 0.338 e. The highest BCUT2D eigenvalue weighted by Crippen LogP contribution is 2.25. The lowest BCUT2D eigenvalue weighted by atomic mass is 9.99. The fraction of sp³-hybridized carbons (Fsp3) is 0.462. The van der Waals surface area contributed by atoms with Crippen molar-refractivity contribution in [2.24, 2.45) is 5.92 Å². The second-order valence-corrected chi connectivity index (χ2v) is 6.03. The summed E-state index contributed by atoms with van der Waals surface area (Å²) < 4.78 is 0. The lowest BCUT2D eigenvalue weighted by Gasteiger charge is -2.32. The molecule has 1 aromatic rings. The van der Waals surface area contributed by atoms with Crippen molar-refractivity contribution in [3.8, 4) is 0 Å². The lowest BCUT2D eigenvalue weighted by Crippen LogP contribution is -2.40. The first-order chi connectivity index (χ1) is 8.61. The van der Waals surface area contributed by atoms with Gasteiger partial charge in [-0.15, -0.1) is 0 Å². The Kier molecular flexibility index (Phi) is 4.93. The van der Waals surface area contributed by atoms with Crippen LogP contribution in [0.25, 0.3) is 0 Å². The normalized spacial score (nSPS) is 19.9. The molecule has 1 saturated heterocycles. The van der Waals surface area contributed by atoms with Crippen LogP contribution < -0.4 is 0 Å². The van der Waals surface area contributed by atoms with E-state index in [9.17, 15) is 4.79 Å². The Balaban J connectivity index is 2.17. The molecule has 1 fully saturated rings. The van der Waals surface area contributed by atoms with Gasteiger partial charge in [0.2, 0.25) is 0 Å². The first-order valence-electron chi connectivity index (χ1n) is 5.92. The second-order valence-electron chi connectivity index (χ2n) is 4.54. The standard InChI is InChI=1S/C13H14BrCl2NO/c14-7-9-2-1-5-17(8-9)13(18)11-6-10(15)3-4-12(11)16/h3-4,6,9H,1-2,5,7-8H2. The van der Waals surface area contributed by atoms with Crippen molar-refractivity contribution in [3.05, 3.63) is 33.8 Å². The smallest absolute Gasteiger partial charge is 0.255 e. The van der Waals surface area contributed by atoms with Crippen LogP contribution >= 0.6 is 39.1 Å². The van der Waals surface area contributed by atoms with E-state index in [1.807, 2.05) is 4.90 Å². The first-order valence-corrected chi connectivity index (χ1v) is 7.80. The van der Waals surface area contributed by atoms with Crippen molar-refractivity contribution in [2.45, 2.75) is 12.8 Å². The topological polar surface area (TPSA) is 20.3 Å². The van der Waals surface area contributed by atoms with Crippen molar-refractivity contribution < 1.29 is 4.79 Å². The van der Waals surface area contributed by atoms with Gasteiger partial charge in [0, 0.05) is 23.4 Å². The molecule has 1 amide bonds. The Bertz CT molecular complexity index is 453. The van der Waals surface area contributed by atoms with Gasteiger partial charge in [-0.1, -0.05) is 39.1 Å². The zero-order chi connectivity index (χ0) is 13.1. The van der Waals surface area contributed by atoms with E-state index in [2.05, 4.69) is 15.9 Å². The molecule has 0 saturated carbocycles. The molecule has 0 aliphatic carbocycles. The molecule has 1 aliphatic rings. The predicted octanol–water partition coefficient (Wildman–Crippen LogP) is 4.24. The Morgan fingerprint density at radius 3 is 2.94 bits per heavy atom. The molecule has 1 unspecified atom stereocenters. The van der Waals surface area contributed by atoms with Crippen LogP contribution in [0, 0.1) is 5.92 Å². The molecule has 0 bridgehead atoms. The summed E-state index contributed by atoms with van der Waals surface area (Å²) in [6.45, 7) is 1.58. The van der Waals surface area contributed by atoms with Crippen LogP contribution in [0.3, 0.4) is 0 Å². The molecule has 2 rings (SSSR count). The van der Waals surface area contributed by atoms with E-state index in [0.29, 0.717) is 21.5 Å². The van der Waals surface area contributed by atoms with Gasteiger partial charge in [0.1, 0.15) is 0 Å². The van der Waals surface area contributed by atoms with Gasteiger partial charge in [-0.3, -0.25) is 4.79 Å². The van der Waals surface area contributed by atoms with Gasteiger partial charge < -0.3 is 4.90 Å². The monoisotopic (exact) mass is 349 g/mol. The van der Waals surface area contributed by atoms with Crippen molar-refractivity contribution in [1.29, 1.82) is 0 Å². The quantitative estimate of drug-likeness (QED) is 0.730. The summed E-state index contributed by atoms with van der Waals surface area (Å²) in [6.07, 6.45) is 2.21. The average molecular weight is 351 g/mol. The van der Waals surface area contributed by atoms with Gasteiger partial charge >= 0.3 is 0 Å². The van der Waals surface area contributed by atoms with Crippen molar-refractivity contribution in [1.82, 2.24) is 4.90 Å². The van der Waals surface area contributed by atoms with Crippen LogP contribution in [0.1, 0.15) is 23.2 Å². The third-order valence-electron chi connectivity index (χ3n) is 3.18. The summed E-state index contributed by atoms with van der Waals surface area (Å²) in [5, 5.41) is 1.93. The second kappa shape index (κ2) is 6.27. The Morgan fingerprint density at radius 1 is 1.44 bits per heavy atom. The average Bonchev–Trinajstić information content (AvgIpc) is 2.41. The Labute approximate surface area is 125 Å². The number of hydrogen-bond donors (Lipinski definition) is 0. The highest BCUT2D eigenvalue weighted by atomic mass is 79.9. The molecule has 1 aliphatic heterocycles. The zero-order valence-electron chi connectivity index (χ0n) is 9.83. The predicted molar refractivity (Wildman–Crippen MR) is 78.9 cm³/mol. The van der Waals surface area contributed by atoms with Gasteiger partial charge in [-0.05, 0) is 37.0 Å². The number of amides is 1. The van der Waals surface area contributed by atoms with E-state index in [1.165, 1.54) is 0 Å². The molecular weight excluding hydrogens is 337 g/mol. The zero-order valence-corrected chi connectivity index (χ0v) is 12.9. The molecule has 18 heavy (non-hydrogen) atoms. The summed E-state index contributed by atoms with van der Waals surface area (Å²) >= 11 is 15.5. The minimum absolute atomic E-state index is 0.0202. The third kappa shape index (κ3) is 3.19. The minimum Gasteiger partial charge on any atom is -0.338 e. The van der Waals surface area contributed by atoms with Gasteiger partial charge in [0.25, 0.3) is 5.91 Å².